The Bertz CT molecular complexity index is 865. The lowest BCUT2D eigenvalue weighted by atomic mass is 10.0. The number of carbonyl (C=O) groups excluding carboxylic acids is 2. The SMILES string of the molecule is CCN(C(=O)C1CC(=O)N(c2c(C)cc(C)cc2C)C1)c1cccc(C)c1. The molecule has 2 amide bonds. The molecule has 0 spiro atoms. The zero-order valence-corrected chi connectivity index (χ0v) is 16.9. The second-order valence-corrected chi connectivity index (χ2v) is 7.57. The number of aryl methyl sites for hydroxylation is 4. The van der Waals surface area contributed by atoms with Gasteiger partial charge in [0.2, 0.25) is 11.8 Å². The molecule has 2 aromatic rings. The maximum Gasteiger partial charge on any atom is 0.232 e. The molecule has 1 fully saturated rings. The largest absolute Gasteiger partial charge is 0.312 e. The van der Waals surface area contributed by atoms with Gasteiger partial charge in [0.15, 0.2) is 0 Å². The van der Waals surface area contributed by atoms with Crippen LogP contribution in [-0.4, -0.2) is 24.9 Å². The second-order valence-electron chi connectivity index (χ2n) is 7.57. The van der Waals surface area contributed by atoms with E-state index in [0.29, 0.717) is 13.1 Å². The molecule has 1 saturated heterocycles. The summed E-state index contributed by atoms with van der Waals surface area (Å²) in [5, 5.41) is 0. The van der Waals surface area contributed by atoms with Crippen LogP contribution in [0.25, 0.3) is 0 Å². The summed E-state index contributed by atoms with van der Waals surface area (Å²) in [7, 11) is 0. The molecule has 1 aliphatic heterocycles. The Morgan fingerprint density at radius 3 is 2.33 bits per heavy atom. The monoisotopic (exact) mass is 364 g/mol. The third kappa shape index (κ3) is 3.75. The van der Waals surface area contributed by atoms with E-state index in [4.69, 9.17) is 0 Å². The summed E-state index contributed by atoms with van der Waals surface area (Å²) in [6, 6.07) is 12.1. The highest BCUT2D eigenvalue weighted by atomic mass is 16.2. The fourth-order valence-electron chi connectivity index (χ4n) is 4.17. The van der Waals surface area contributed by atoms with E-state index in [1.807, 2.05) is 52.0 Å². The second kappa shape index (κ2) is 7.55. The fourth-order valence-corrected chi connectivity index (χ4v) is 4.17. The third-order valence-electron chi connectivity index (χ3n) is 5.28. The molecule has 4 nitrogen and oxygen atoms in total. The minimum atomic E-state index is -0.307. The van der Waals surface area contributed by atoms with E-state index in [1.54, 1.807) is 9.80 Å². The lowest BCUT2D eigenvalue weighted by molar-refractivity contribution is -0.124. The molecule has 0 radical (unpaired) electrons. The highest BCUT2D eigenvalue weighted by Gasteiger charge is 2.38. The van der Waals surface area contributed by atoms with Crippen molar-refractivity contribution < 1.29 is 9.59 Å². The Balaban J connectivity index is 1.85. The quantitative estimate of drug-likeness (QED) is 0.810. The van der Waals surface area contributed by atoms with Crippen molar-refractivity contribution in [2.75, 3.05) is 22.9 Å². The van der Waals surface area contributed by atoms with Crippen LogP contribution in [0.4, 0.5) is 11.4 Å². The van der Waals surface area contributed by atoms with Gasteiger partial charge in [-0.2, -0.15) is 0 Å². The van der Waals surface area contributed by atoms with Crippen molar-refractivity contribution >= 4 is 23.2 Å². The Labute approximate surface area is 161 Å². The van der Waals surface area contributed by atoms with E-state index in [2.05, 4.69) is 19.1 Å². The van der Waals surface area contributed by atoms with Crippen LogP contribution in [0.1, 0.15) is 35.6 Å². The topological polar surface area (TPSA) is 40.6 Å². The van der Waals surface area contributed by atoms with Gasteiger partial charge in [-0.1, -0.05) is 29.8 Å². The highest BCUT2D eigenvalue weighted by Crippen LogP contribution is 2.33. The molecular weight excluding hydrogens is 336 g/mol. The van der Waals surface area contributed by atoms with Gasteiger partial charge >= 0.3 is 0 Å². The number of amides is 2. The molecule has 0 saturated carbocycles. The van der Waals surface area contributed by atoms with E-state index in [-0.39, 0.29) is 24.2 Å². The van der Waals surface area contributed by atoms with Crippen molar-refractivity contribution in [2.24, 2.45) is 5.92 Å². The number of benzene rings is 2. The zero-order chi connectivity index (χ0) is 19.7. The van der Waals surface area contributed by atoms with Crippen LogP contribution in [0, 0.1) is 33.6 Å². The normalized spacial score (nSPS) is 16.7. The number of rotatable bonds is 4. The number of nitrogens with zero attached hydrogens (tertiary/aromatic N) is 2. The average molecular weight is 364 g/mol. The Kier molecular flexibility index (Phi) is 5.36. The lowest BCUT2D eigenvalue weighted by Gasteiger charge is -2.25. The molecule has 3 rings (SSSR count). The van der Waals surface area contributed by atoms with Crippen molar-refractivity contribution in [1.82, 2.24) is 0 Å². The van der Waals surface area contributed by atoms with Crippen LogP contribution in [0.3, 0.4) is 0 Å². The van der Waals surface area contributed by atoms with Crippen LogP contribution in [0.5, 0.6) is 0 Å². The summed E-state index contributed by atoms with van der Waals surface area (Å²) in [6.07, 6.45) is 0.272. The van der Waals surface area contributed by atoms with Crippen molar-refractivity contribution in [3.05, 3.63) is 58.7 Å². The summed E-state index contributed by atoms with van der Waals surface area (Å²) in [6.45, 7) is 11.2. The standard InChI is InChI=1S/C23H28N2O2/c1-6-24(20-9-7-8-15(2)12-20)23(27)19-13-21(26)25(14-19)22-17(4)10-16(3)11-18(22)5/h7-12,19H,6,13-14H2,1-5H3. The van der Waals surface area contributed by atoms with E-state index in [9.17, 15) is 9.59 Å². The van der Waals surface area contributed by atoms with Gasteiger partial charge < -0.3 is 9.80 Å². The molecular formula is C23H28N2O2. The summed E-state index contributed by atoms with van der Waals surface area (Å²) >= 11 is 0. The zero-order valence-electron chi connectivity index (χ0n) is 16.9. The van der Waals surface area contributed by atoms with E-state index >= 15 is 0 Å². The van der Waals surface area contributed by atoms with Gasteiger partial charge in [-0.3, -0.25) is 9.59 Å². The summed E-state index contributed by atoms with van der Waals surface area (Å²) < 4.78 is 0. The van der Waals surface area contributed by atoms with E-state index < -0.39 is 0 Å². The van der Waals surface area contributed by atoms with Gasteiger partial charge in [-0.15, -0.1) is 0 Å². The van der Waals surface area contributed by atoms with Crippen molar-refractivity contribution in [2.45, 2.75) is 41.0 Å². The van der Waals surface area contributed by atoms with Crippen molar-refractivity contribution in [3.8, 4) is 0 Å². The fraction of sp³-hybridized carbons (Fsp3) is 0.391. The first kappa shape index (κ1) is 19.2. The first-order chi connectivity index (χ1) is 12.8. The minimum Gasteiger partial charge on any atom is -0.312 e. The van der Waals surface area contributed by atoms with Gasteiger partial charge in [0.1, 0.15) is 0 Å². The molecule has 4 heteroatoms. The van der Waals surface area contributed by atoms with Crippen molar-refractivity contribution in [3.63, 3.8) is 0 Å². The molecule has 27 heavy (non-hydrogen) atoms. The van der Waals surface area contributed by atoms with Crippen LogP contribution in [-0.2, 0) is 9.59 Å². The first-order valence-corrected chi connectivity index (χ1v) is 9.58. The van der Waals surface area contributed by atoms with Crippen LogP contribution >= 0.6 is 0 Å². The maximum absolute atomic E-state index is 13.2. The van der Waals surface area contributed by atoms with Gasteiger partial charge in [0, 0.05) is 30.9 Å². The van der Waals surface area contributed by atoms with Gasteiger partial charge in [0.05, 0.1) is 5.92 Å². The predicted octanol–water partition coefficient (Wildman–Crippen LogP) is 4.33. The van der Waals surface area contributed by atoms with E-state index in [0.717, 1.165) is 28.1 Å². The number of anilines is 2. The van der Waals surface area contributed by atoms with Crippen LogP contribution < -0.4 is 9.80 Å². The molecule has 1 heterocycles. The van der Waals surface area contributed by atoms with Gasteiger partial charge in [-0.25, -0.2) is 0 Å². The number of carbonyl (C=O) groups is 2. The van der Waals surface area contributed by atoms with Crippen LogP contribution in [0.15, 0.2) is 36.4 Å². The van der Waals surface area contributed by atoms with Crippen molar-refractivity contribution in [1.29, 1.82) is 0 Å². The third-order valence-corrected chi connectivity index (χ3v) is 5.28. The molecule has 0 aliphatic carbocycles. The molecule has 0 aromatic heterocycles. The number of hydrogen-bond donors (Lipinski definition) is 0. The summed E-state index contributed by atoms with van der Waals surface area (Å²) in [5.41, 5.74) is 6.33. The molecule has 1 unspecified atom stereocenters. The Morgan fingerprint density at radius 1 is 1.07 bits per heavy atom. The van der Waals surface area contributed by atoms with E-state index in [1.165, 1.54) is 5.56 Å². The molecule has 2 aromatic carbocycles. The summed E-state index contributed by atoms with van der Waals surface area (Å²) in [4.78, 5) is 29.5. The molecule has 1 atom stereocenters. The summed E-state index contributed by atoms with van der Waals surface area (Å²) in [5.74, 6) is -0.247. The average Bonchev–Trinajstić information content (AvgIpc) is 2.96. The minimum absolute atomic E-state index is 0.0290. The Morgan fingerprint density at radius 2 is 1.74 bits per heavy atom. The highest BCUT2D eigenvalue weighted by molar-refractivity contribution is 6.05. The maximum atomic E-state index is 13.2. The van der Waals surface area contributed by atoms with Crippen LogP contribution in [0.2, 0.25) is 0 Å². The molecule has 1 aliphatic rings. The number of hydrogen-bond acceptors (Lipinski definition) is 2. The predicted molar refractivity (Wildman–Crippen MR) is 110 cm³/mol. The molecule has 0 N–H and O–H groups in total. The lowest BCUT2D eigenvalue weighted by Crippen LogP contribution is -2.37. The van der Waals surface area contributed by atoms with Gasteiger partial charge in [0.25, 0.3) is 0 Å². The molecule has 142 valence electrons. The molecule has 0 bridgehead atoms. The Hall–Kier alpha value is -2.62. The first-order valence-electron chi connectivity index (χ1n) is 9.58. The van der Waals surface area contributed by atoms with Gasteiger partial charge in [-0.05, 0) is 63.4 Å². The smallest absolute Gasteiger partial charge is 0.232 e.